The minimum absolute atomic E-state index is 0.00836. The summed E-state index contributed by atoms with van der Waals surface area (Å²) in [6.07, 6.45) is 7.35. The molecule has 4 fully saturated rings. The Morgan fingerprint density at radius 3 is 2.36 bits per heavy atom. The summed E-state index contributed by atoms with van der Waals surface area (Å²) in [5.74, 6) is -1.04. The molecule has 2 N–H and O–H groups in total. The quantitative estimate of drug-likeness (QED) is 0.436. The van der Waals surface area contributed by atoms with Crippen molar-refractivity contribution in [2.45, 2.75) is 66.2 Å². The van der Waals surface area contributed by atoms with Gasteiger partial charge in [-0.3, -0.25) is 19.3 Å². The second-order valence-corrected chi connectivity index (χ2v) is 13.0. The van der Waals surface area contributed by atoms with Crippen LogP contribution in [0, 0.1) is 51.8 Å². The Kier molecular flexibility index (Phi) is 4.92. The summed E-state index contributed by atoms with van der Waals surface area (Å²) >= 11 is 0. The van der Waals surface area contributed by atoms with E-state index < -0.39 is 22.7 Å². The Morgan fingerprint density at radius 1 is 1.03 bits per heavy atom. The Bertz CT molecular complexity index is 1190. The lowest BCUT2D eigenvalue weighted by Crippen LogP contribution is -2.65. The van der Waals surface area contributed by atoms with Crippen LogP contribution in [0.2, 0.25) is 0 Å². The predicted octanol–water partition coefficient (Wildman–Crippen LogP) is 5.41. The number of amides is 2. The molecular formula is C30H37NO5. The SMILES string of the molecule is CC(C)C1=C[C@@]23CC[C@@H]4[C@](C)(CCC[C@@]4(C)C(=O)O)[C@@H]2C[C@H]1[C@H]1C(=O)N(c2ccc(O)cc2)C(=O)[C@H]13. The normalized spacial score (nSPS) is 43.2. The Balaban J connectivity index is 1.49. The Morgan fingerprint density at radius 2 is 1.72 bits per heavy atom. The van der Waals surface area contributed by atoms with Crippen molar-refractivity contribution >= 4 is 23.5 Å². The molecule has 1 aromatic rings. The first-order valence-corrected chi connectivity index (χ1v) is 13.6. The molecule has 6 heteroatoms. The third-order valence-electron chi connectivity index (χ3n) is 11.3. The summed E-state index contributed by atoms with van der Waals surface area (Å²) in [6, 6.07) is 6.33. The van der Waals surface area contributed by atoms with Crippen molar-refractivity contribution in [2.24, 2.45) is 51.8 Å². The summed E-state index contributed by atoms with van der Waals surface area (Å²) in [6.45, 7) is 8.59. The molecule has 1 aliphatic heterocycles. The lowest BCUT2D eigenvalue weighted by atomic mass is 9.34. The molecule has 0 aromatic heterocycles. The summed E-state index contributed by atoms with van der Waals surface area (Å²) in [7, 11) is 0. The number of aromatic hydroxyl groups is 1. The van der Waals surface area contributed by atoms with Gasteiger partial charge in [0.25, 0.3) is 0 Å². The Labute approximate surface area is 212 Å². The number of anilines is 1. The van der Waals surface area contributed by atoms with Gasteiger partial charge in [0.2, 0.25) is 11.8 Å². The molecule has 6 aliphatic rings. The van der Waals surface area contributed by atoms with Gasteiger partial charge in [-0.2, -0.15) is 0 Å². The van der Waals surface area contributed by atoms with Crippen molar-refractivity contribution in [1.82, 2.24) is 0 Å². The lowest BCUT2D eigenvalue weighted by molar-refractivity contribution is -0.194. The van der Waals surface area contributed by atoms with E-state index in [1.165, 1.54) is 22.6 Å². The molecule has 5 aliphatic carbocycles. The van der Waals surface area contributed by atoms with Crippen LogP contribution >= 0.6 is 0 Å². The van der Waals surface area contributed by atoms with Gasteiger partial charge < -0.3 is 10.2 Å². The van der Waals surface area contributed by atoms with Crippen molar-refractivity contribution < 1.29 is 24.6 Å². The molecule has 8 atom stereocenters. The van der Waals surface area contributed by atoms with Crippen LogP contribution in [0.15, 0.2) is 35.9 Å². The van der Waals surface area contributed by atoms with E-state index in [1.54, 1.807) is 12.1 Å². The van der Waals surface area contributed by atoms with Crippen molar-refractivity contribution in [3.05, 3.63) is 35.9 Å². The van der Waals surface area contributed by atoms with Crippen LogP contribution in [0.5, 0.6) is 5.75 Å². The second-order valence-electron chi connectivity index (χ2n) is 13.0. The molecule has 2 bridgehead atoms. The van der Waals surface area contributed by atoms with Gasteiger partial charge in [0.05, 0.1) is 22.9 Å². The number of hydrogen-bond acceptors (Lipinski definition) is 4. The molecule has 0 unspecified atom stereocenters. The van der Waals surface area contributed by atoms with Gasteiger partial charge in [-0.15, -0.1) is 0 Å². The molecule has 6 nitrogen and oxygen atoms in total. The van der Waals surface area contributed by atoms with Crippen LogP contribution < -0.4 is 4.90 Å². The number of fused-ring (bicyclic) bond motifs is 1. The van der Waals surface area contributed by atoms with Crippen molar-refractivity contribution in [1.29, 1.82) is 0 Å². The molecule has 3 saturated carbocycles. The third-order valence-corrected chi connectivity index (χ3v) is 11.3. The lowest BCUT2D eigenvalue weighted by Gasteiger charge is -2.68. The number of rotatable bonds is 3. The molecule has 1 aromatic carbocycles. The number of carbonyl (C=O) groups is 3. The zero-order valence-electron chi connectivity index (χ0n) is 21.7. The summed E-state index contributed by atoms with van der Waals surface area (Å²) in [4.78, 5) is 42.0. The summed E-state index contributed by atoms with van der Waals surface area (Å²) in [5, 5.41) is 20.0. The minimum atomic E-state index is -0.747. The smallest absolute Gasteiger partial charge is 0.309 e. The number of hydrogen-bond donors (Lipinski definition) is 2. The molecule has 1 saturated heterocycles. The number of imide groups is 1. The summed E-state index contributed by atoms with van der Waals surface area (Å²) < 4.78 is 0. The van der Waals surface area contributed by atoms with E-state index in [0.29, 0.717) is 18.0 Å². The molecule has 192 valence electrons. The van der Waals surface area contributed by atoms with Crippen molar-refractivity contribution in [3.8, 4) is 5.75 Å². The number of nitrogens with zero attached hydrogens (tertiary/aromatic N) is 1. The van der Waals surface area contributed by atoms with Crippen LogP contribution in [0.4, 0.5) is 5.69 Å². The van der Waals surface area contributed by atoms with E-state index in [1.807, 2.05) is 6.92 Å². The van der Waals surface area contributed by atoms with Gasteiger partial charge in [0.15, 0.2) is 0 Å². The molecule has 2 amide bonds. The van der Waals surface area contributed by atoms with Crippen LogP contribution in [-0.4, -0.2) is 28.0 Å². The number of allylic oxidation sites excluding steroid dienone is 2. The largest absolute Gasteiger partial charge is 0.508 e. The first kappa shape index (κ1) is 23.7. The Hall–Kier alpha value is -2.63. The minimum Gasteiger partial charge on any atom is -0.508 e. The van der Waals surface area contributed by atoms with Crippen molar-refractivity contribution in [2.75, 3.05) is 4.90 Å². The fourth-order valence-electron chi connectivity index (χ4n) is 9.81. The maximum atomic E-state index is 14.2. The van der Waals surface area contributed by atoms with Crippen molar-refractivity contribution in [3.63, 3.8) is 0 Å². The molecule has 36 heavy (non-hydrogen) atoms. The number of aliphatic carboxylic acids is 1. The number of benzene rings is 1. The molecule has 1 heterocycles. The van der Waals surface area contributed by atoms with E-state index in [2.05, 4.69) is 26.8 Å². The highest BCUT2D eigenvalue weighted by Gasteiger charge is 2.73. The van der Waals surface area contributed by atoms with Crippen LogP contribution in [0.3, 0.4) is 0 Å². The summed E-state index contributed by atoms with van der Waals surface area (Å²) in [5.41, 5.74) is 0.482. The highest BCUT2D eigenvalue weighted by Crippen LogP contribution is 2.74. The van der Waals surface area contributed by atoms with Gasteiger partial charge in [-0.25, -0.2) is 0 Å². The molecule has 0 radical (unpaired) electrons. The zero-order valence-corrected chi connectivity index (χ0v) is 21.7. The molecular weight excluding hydrogens is 454 g/mol. The number of carbonyl (C=O) groups excluding carboxylic acids is 2. The fourth-order valence-corrected chi connectivity index (χ4v) is 9.81. The average Bonchev–Trinajstić information content (AvgIpc) is 3.11. The predicted molar refractivity (Wildman–Crippen MR) is 135 cm³/mol. The highest BCUT2D eigenvalue weighted by molar-refractivity contribution is 6.23. The number of phenols is 1. The van der Waals surface area contributed by atoms with Gasteiger partial charge in [-0.1, -0.05) is 38.8 Å². The monoisotopic (exact) mass is 491 g/mol. The van der Waals surface area contributed by atoms with E-state index in [9.17, 15) is 24.6 Å². The van der Waals surface area contributed by atoms with E-state index in [0.717, 1.165) is 32.1 Å². The van der Waals surface area contributed by atoms with E-state index in [4.69, 9.17) is 0 Å². The second kappa shape index (κ2) is 7.45. The maximum absolute atomic E-state index is 14.2. The van der Waals surface area contributed by atoms with E-state index in [-0.39, 0.29) is 46.7 Å². The van der Waals surface area contributed by atoms with Crippen LogP contribution in [-0.2, 0) is 14.4 Å². The topological polar surface area (TPSA) is 94.9 Å². The number of carboxylic acid groups (broad SMARTS) is 1. The first-order chi connectivity index (χ1) is 17.0. The van der Waals surface area contributed by atoms with Crippen LogP contribution in [0.25, 0.3) is 0 Å². The third kappa shape index (κ3) is 2.76. The molecule has 1 spiro atoms. The zero-order chi connectivity index (χ0) is 25.8. The number of carboxylic acids is 1. The standard InChI is InChI=1S/C30H37NO5/c1-16(2)20-15-30-13-10-21-28(3,11-5-12-29(21,4)27(35)36)22(30)14-19(20)23-24(30)26(34)31(25(23)33)17-6-8-18(32)9-7-17/h6-9,15-16,19,21-24,32H,5,10-14H2,1-4H3,(H,35,36)/t19-,21-,22+,23-,24+,28+,29-,30+/m1/s1. The average molecular weight is 492 g/mol. The van der Waals surface area contributed by atoms with Gasteiger partial charge >= 0.3 is 5.97 Å². The van der Waals surface area contributed by atoms with Gasteiger partial charge in [0.1, 0.15) is 5.75 Å². The van der Waals surface area contributed by atoms with E-state index >= 15 is 0 Å². The van der Waals surface area contributed by atoms with Gasteiger partial charge in [-0.05, 0) is 92.4 Å². The molecule has 7 rings (SSSR count). The maximum Gasteiger partial charge on any atom is 0.309 e. The highest BCUT2D eigenvalue weighted by atomic mass is 16.4. The van der Waals surface area contributed by atoms with Gasteiger partial charge in [0, 0.05) is 5.41 Å². The van der Waals surface area contributed by atoms with Crippen LogP contribution in [0.1, 0.15) is 66.2 Å². The first-order valence-electron chi connectivity index (χ1n) is 13.6. The fraction of sp³-hybridized carbons (Fsp3) is 0.633. The number of phenolic OH excluding ortho intramolecular Hbond substituents is 1.